The van der Waals surface area contributed by atoms with Crippen molar-refractivity contribution in [1.29, 1.82) is 5.26 Å². The van der Waals surface area contributed by atoms with Crippen LogP contribution in [-0.2, 0) is 9.05 Å². The first-order valence-corrected chi connectivity index (χ1v) is 7.99. The molecule has 0 saturated carbocycles. The Morgan fingerprint density at radius 3 is 2.65 bits per heavy atom. The summed E-state index contributed by atoms with van der Waals surface area (Å²) in [5.74, 6) is -1.26. The van der Waals surface area contributed by atoms with Crippen molar-refractivity contribution in [2.24, 2.45) is 0 Å². The van der Waals surface area contributed by atoms with E-state index in [9.17, 15) is 13.2 Å². The number of hydrogen-bond donors (Lipinski definition) is 1. The molecule has 1 aromatic carbocycles. The smallest absolute Gasteiger partial charge is 0.335 e. The third kappa shape index (κ3) is 4.72. The van der Waals surface area contributed by atoms with Crippen LogP contribution in [0.15, 0.2) is 23.1 Å². The van der Waals surface area contributed by atoms with Gasteiger partial charge in [0.15, 0.2) is 0 Å². The first-order chi connectivity index (χ1) is 9.36. The monoisotopic (exact) mass is 317 g/mol. The summed E-state index contributed by atoms with van der Waals surface area (Å²) >= 11 is 0. The van der Waals surface area contributed by atoms with Crippen LogP contribution in [0.2, 0.25) is 0 Å². The summed E-state index contributed by atoms with van der Waals surface area (Å²) in [4.78, 5) is 10.4. The Balaban J connectivity index is 2.91. The van der Waals surface area contributed by atoms with Crippen LogP contribution in [-0.4, -0.2) is 26.1 Å². The fourth-order valence-corrected chi connectivity index (χ4v) is 2.44. The highest BCUT2D eigenvalue weighted by Gasteiger charge is 2.19. The van der Waals surface area contributed by atoms with Crippen molar-refractivity contribution in [3.8, 4) is 11.8 Å². The Morgan fingerprint density at radius 1 is 1.40 bits per heavy atom. The number of benzene rings is 1. The number of hydrogen-bond acceptors (Lipinski definition) is 5. The van der Waals surface area contributed by atoms with Gasteiger partial charge < -0.3 is 9.84 Å². The third-order valence-electron chi connectivity index (χ3n) is 2.39. The Morgan fingerprint density at radius 2 is 2.10 bits per heavy atom. The highest BCUT2D eigenvalue weighted by molar-refractivity contribution is 8.13. The van der Waals surface area contributed by atoms with E-state index in [-0.39, 0.29) is 22.8 Å². The second-order valence-corrected chi connectivity index (χ2v) is 6.40. The van der Waals surface area contributed by atoms with E-state index in [1.165, 1.54) is 12.1 Å². The van der Waals surface area contributed by atoms with E-state index in [4.69, 9.17) is 25.8 Å². The largest absolute Gasteiger partial charge is 0.492 e. The van der Waals surface area contributed by atoms with Gasteiger partial charge in [-0.25, -0.2) is 13.2 Å². The Labute approximate surface area is 121 Å². The van der Waals surface area contributed by atoms with Crippen LogP contribution in [0, 0.1) is 11.3 Å². The number of carboxylic acids is 1. The van der Waals surface area contributed by atoms with Gasteiger partial charge >= 0.3 is 5.97 Å². The maximum absolute atomic E-state index is 11.4. The molecule has 108 valence electrons. The molecule has 0 aromatic heterocycles. The van der Waals surface area contributed by atoms with Crippen molar-refractivity contribution < 1.29 is 23.1 Å². The molecule has 0 amide bonds. The lowest BCUT2D eigenvalue weighted by Crippen LogP contribution is -2.05. The second-order valence-electron chi connectivity index (χ2n) is 3.87. The topological polar surface area (TPSA) is 104 Å². The second kappa shape index (κ2) is 7.12. The molecule has 0 aliphatic carbocycles. The summed E-state index contributed by atoms with van der Waals surface area (Å²) < 4.78 is 28.1. The molecule has 0 unspecified atom stereocenters. The normalized spacial score (nSPS) is 10.8. The molecule has 0 aliphatic rings. The molecule has 0 spiro atoms. The first kappa shape index (κ1) is 16.3. The van der Waals surface area contributed by atoms with Crippen molar-refractivity contribution in [2.45, 2.75) is 24.2 Å². The number of nitriles is 1. The van der Waals surface area contributed by atoms with Crippen LogP contribution in [0.1, 0.15) is 29.6 Å². The number of unbranched alkanes of at least 4 members (excludes halogenated alkanes) is 2. The molecule has 1 rings (SSSR count). The van der Waals surface area contributed by atoms with Crippen LogP contribution >= 0.6 is 10.7 Å². The third-order valence-corrected chi connectivity index (χ3v) is 3.74. The minimum Gasteiger partial charge on any atom is -0.492 e. The Hall–Kier alpha value is -1.78. The Bertz CT molecular complexity index is 636. The first-order valence-electron chi connectivity index (χ1n) is 5.68. The van der Waals surface area contributed by atoms with E-state index in [0.717, 1.165) is 6.07 Å². The van der Waals surface area contributed by atoms with Gasteiger partial charge in [-0.15, -0.1) is 0 Å². The summed E-state index contributed by atoms with van der Waals surface area (Å²) in [6.45, 7) is 0.216. The van der Waals surface area contributed by atoms with Gasteiger partial charge in [-0.2, -0.15) is 5.26 Å². The molecule has 0 atom stereocenters. The van der Waals surface area contributed by atoms with E-state index in [0.29, 0.717) is 19.3 Å². The zero-order valence-electron chi connectivity index (χ0n) is 10.4. The van der Waals surface area contributed by atoms with Crippen LogP contribution in [0.5, 0.6) is 5.75 Å². The van der Waals surface area contributed by atoms with Crippen molar-refractivity contribution >= 4 is 25.7 Å². The van der Waals surface area contributed by atoms with Gasteiger partial charge in [-0.1, -0.05) is 0 Å². The van der Waals surface area contributed by atoms with Gasteiger partial charge in [-0.05, 0) is 31.0 Å². The van der Waals surface area contributed by atoms with Gasteiger partial charge in [0, 0.05) is 17.1 Å². The van der Waals surface area contributed by atoms with E-state index < -0.39 is 15.0 Å². The SMILES string of the molecule is N#CCCCCOc1ccc(C(=O)O)cc1S(=O)(=O)Cl. The van der Waals surface area contributed by atoms with E-state index in [1.54, 1.807) is 0 Å². The molecular formula is C12H12ClNO5S. The zero-order chi connectivity index (χ0) is 15.2. The number of halogens is 1. The summed E-state index contributed by atoms with van der Waals surface area (Å²) in [5, 5.41) is 17.2. The molecule has 0 heterocycles. The highest BCUT2D eigenvalue weighted by atomic mass is 35.7. The summed E-state index contributed by atoms with van der Waals surface area (Å²) in [6, 6.07) is 5.43. The summed E-state index contributed by atoms with van der Waals surface area (Å²) in [7, 11) is 1.15. The fraction of sp³-hybridized carbons (Fsp3) is 0.333. The van der Waals surface area contributed by atoms with Gasteiger partial charge in [-0.3, -0.25) is 0 Å². The van der Waals surface area contributed by atoms with Gasteiger partial charge in [0.25, 0.3) is 9.05 Å². The molecule has 0 radical (unpaired) electrons. The van der Waals surface area contributed by atoms with Crippen LogP contribution < -0.4 is 4.74 Å². The molecule has 0 aliphatic heterocycles. The quantitative estimate of drug-likeness (QED) is 0.611. The number of nitrogens with zero attached hydrogens (tertiary/aromatic N) is 1. The Kier molecular flexibility index (Phi) is 5.80. The van der Waals surface area contributed by atoms with Crippen molar-refractivity contribution in [3.05, 3.63) is 23.8 Å². The predicted molar refractivity (Wildman–Crippen MR) is 71.4 cm³/mol. The molecule has 0 bridgehead atoms. The lowest BCUT2D eigenvalue weighted by Gasteiger charge is -2.10. The van der Waals surface area contributed by atoms with Crippen LogP contribution in [0.25, 0.3) is 0 Å². The van der Waals surface area contributed by atoms with Crippen LogP contribution in [0.4, 0.5) is 0 Å². The standard InChI is InChI=1S/C12H12ClNO5S/c13-20(17,18)11-8-9(12(15)16)4-5-10(11)19-7-3-1-2-6-14/h4-5,8H,1-3,7H2,(H,15,16). The number of carbonyl (C=O) groups is 1. The lowest BCUT2D eigenvalue weighted by atomic mass is 10.2. The van der Waals surface area contributed by atoms with E-state index >= 15 is 0 Å². The van der Waals surface area contributed by atoms with Crippen molar-refractivity contribution in [1.82, 2.24) is 0 Å². The van der Waals surface area contributed by atoms with Crippen molar-refractivity contribution in [3.63, 3.8) is 0 Å². The lowest BCUT2D eigenvalue weighted by molar-refractivity contribution is 0.0696. The van der Waals surface area contributed by atoms with Gasteiger partial charge in [0.1, 0.15) is 10.6 Å². The van der Waals surface area contributed by atoms with Crippen molar-refractivity contribution in [2.75, 3.05) is 6.61 Å². The summed E-state index contributed by atoms with van der Waals surface area (Å²) in [5.41, 5.74) is -0.193. The number of carboxylic acid groups (broad SMARTS) is 1. The molecule has 20 heavy (non-hydrogen) atoms. The van der Waals surface area contributed by atoms with Crippen LogP contribution in [0.3, 0.4) is 0 Å². The van der Waals surface area contributed by atoms with Gasteiger partial charge in [0.2, 0.25) is 0 Å². The number of aromatic carboxylic acids is 1. The van der Waals surface area contributed by atoms with Gasteiger partial charge in [0.05, 0.1) is 18.2 Å². The maximum Gasteiger partial charge on any atom is 0.335 e. The molecular weight excluding hydrogens is 306 g/mol. The number of ether oxygens (including phenoxy) is 1. The minimum absolute atomic E-state index is 0.00181. The molecule has 6 nitrogen and oxygen atoms in total. The highest BCUT2D eigenvalue weighted by Crippen LogP contribution is 2.28. The molecule has 0 fully saturated rings. The van der Waals surface area contributed by atoms with E-state index in [1.807, 2.05) is 6.07 Å². The average molecular weight is 318 g/mol. The number of rotatable bonds is 7. The fourth-order valence-electron chi connectivity index (χ4n) is 1.44. The molecule has 1 aromatic rings. The molecule has 8 heteroatoms. The average Bonchev–Trinajstić information content (AvgIpc) is 2.37. The minimum atomic E-state index is -4.11. The molecule has 0 saturated heterocycles. The summed E-state index contributed by atoms with van der Waals surface area (Å²) in [6.07, 6.45) is 1.60. The van der Waals surface area contributed by atoms with E-state index in [2.05, 4.69) is 0 Å². The maximum atomic E-state index is 11.4. The molecule has 1 N–H and O–H groups in total. The predicted octanol–water partition coefficient (Wildman–Crippen LogP) is 2.38. The zero-order valence-corrected chi connectivity index (χ0v) is 11.9.